The number of aliphatic carboxylic acids is 1. The molecule has 2 aliphatic rings. The number of nitrogens with one attached hydrogen (secondary N) is 1. The number of carboxylic acid groups (broad SMARTS) is 1. The highest BCUT2D eigenvalue weighted by Gasteiger charge is 2.42. The Balaban J connectivity index is 0.000000980. The molecule has 0 bridgehead atoms. The summed E-state index contributed by atoms with van der Waals surface area (Å²) >= 11 is 0. The van der Waals surface area contributed by atoms with Crippen molar-refractivity contribution < 1.29 is 14.7 Å². The van der Waals surface area contributed by atoms with Crippen LogP contribution in [0.15, 0.2) is 5.16 Å². The van der Waals surface area contributed by atoms with E-state index in [9.17, 15) is 4.79 Å². The van der Waals surface area contributed by atoms with E-state index in [0.717, 1.165) is 19.4 Å². The number of oxime groups is 1. The van der Waals surface area contributed by atoms with Gasteiger partial charge in [-0.1, -0.05) is 5.16 Å². The van der Waals surface area contributed by atoms with Crippen molar-refractivity contribution in [2.45, 2.75) is 24.9 Å². The van der Waals surface area contributed by atoms with Crippen LogP contribution in [0.2, 0.25) is 0 Å². The molecule has 6 heteroatoms. The van der Waals surface area contributed by atoms with Gasteiger partial charge in [0.15, 0.2) is 11.3 Å². The number of rotatable bonds is 1. The maximum Gasteiger partial charge on any atom is 0.353 e. The van der Waals surface area contributed by atoms with Crippen molar-refractivity contribution >= 4 is 24.1 Å². The first-order chi connectivity index (χ1) is 6.22. The maximum absolute atomic E-state index is 10.6. The van der Waals surface area contributed by atoms with E-state index >= 15 is 0 Å². The molecule has 0 aromatic heterocycles. The molecule has 0 aliphatic carbocycles. The molecule has 2 rings (SSSR count). The fourth-order valence-corrected chi connectivity index (χ4v) is 1.81. The van der Waals surface area contributed by atoms with Gasteiger partial charge in [0.05, 0.1) is 0 Å². The second-order valence-corrected chi connectivity index (χ2v) is 3.57. The Morgan fingerprint density at radius 2 is 2.43 bits per heavy atom. The zero-order chi connectivity index (χ0) is 9.31. The number of nitrogens with zero attached hydrogens (tertiary/aromatic N) is 1. The largest absolute Gasteiger partial charge is 0.477 e. The average Bonchev–Trinajstić information content (AvgIpc) is 2.51. The first-order valence-corrected chi connectivity index (χ1v) is 4.41. The van der Waals surface area contributed by atoms with Crippen LogP contribution in [0.5, 0.6) is 0 Å². The van der Waals surface area contributed by atoms with E-state index in [0.29, 0.717) is 13.0 Å². The fourth-order valence-electron chi connectivity index (χ4n) is 1.81. The van der Waals surface area contributed by atoms with Crippen LogP contribution in [0.4, 0.5) is 0 Å². The smallest absolute Gasteiger partial charge is 0.353 e. The van der Waals surface area contributed by atoms with Gasteiger partial charge in [0.25, 0.3) is 0 Å². The van der Waals surface area contributed by atoms with Crippen molar-refractivity contribution in [3.8, 4) is 0 Å². The van der Waals surface area contributed by atoms with E-state index in [2.05, 4.69) is 10.5 Å². The summed E-state index contributed by atoms with van der Waals surface area (Å²) in [5, 5.41) is 15.5. The molecule has 1 spiro atoms. The van der Waals surface area contributed by atoms with Crippen LogP contribution in [0.25, 0.3) is 0 Å². The van der Waals surface area contributed by atoms with Gasteiger partial charge in [-0.05, 0) is 19.4 Å². The Morgan fingerprint density at radius 3 is 2.93 bits per heavy atom. The van der Waals surface area contributed by atoms with E-state index in [-0.39, 0.29) is 23.7 Å². The van der Waals surface area contributed by atoms with Crippen molar-refractivity contribution in [1.29, 1.82) is 0 Å². The summed E-state index contributed by atoms with van der Waals surface area (Å²) in [6.45, 7) is 1.68. The standard InChI is InChI=1S/C8H12N2O3.ClH/c11-7(12)6-4-8(13-10-6)2-1-3-9-5-8;/h9H,1-5H2,(H,11,12);1H. The Bertz CT molecular complexity index is 261. The molecule has 1 atom stereocenters. The van der Waals surface area contributed by atoms with Crippen LogP contribution in [-0.4, -0.2) is 35.5 Å². The summed E-state index contributed by atoms with van der Waals surface area (Å²) in [5.41, 5.74) is -0.227. The molecule has 0 aromatic carbocycles. The lowest BCUT2D eigenvalue weighted by atomic mass is 9.89. The average molecular weight is 221 g/mol. The van der Waals surface area contributed by atoms with Crippen LogP contribution in [0.3, 0.4) is 0 Å². The summed E-state index contributed by atoms with van der Waals surface area (Å²) in [6, 6.07) is 0. The highest BCUT2D eigenvalue weighted by molar-refractivity contribution is 6.36. The fraction of sp³-hybridized carbons (Fsp3) is 0.750. The molecule has 2 heterocycles. The van der Waals surface area contributed by atoms with Crippen molar-refractivity contribution in [2.75, 3.05) is 13.1 Å². The molecule has 2 N–H and O–H groups in total. The molecule has 1 fully saturated rings. The number of piperidine rings is 1. The second kappa shape index (κ2) is 4.14. The third-order valence-electron chi connectivity index (χ3n) is 2.52. The van der Waals surface area contributed by atoms with Gasteiger partial charge in [-0.3, -0.25) is 0 Å². The number of halogens is 1. The van der Waals surface area contributed by atoms with E-state index in [4.69, 9.17) is 9.94 Å². The van der Waals surface area contributed by atoms with Crippen molar-refractivity contribution in [3.63, 3.8) is 0 Å². The third-order valence-corrected chi connectivity index (χ3v) is 2.52. The highest BCUT2D eigenvalue weighted by atomic mass is 35.5. The van der Waals surface area contributed by atoms with Gasteiger partial charge in [0.1, 0.15) is 0 Å². The molecular formula is C8H13ClN2O3. The highest BCUT2D eigenvalue weighted by Crippen LogP contribution is 2.30. The molecule has 0 saturated carbocycles. The SMILES string of the molecule is Cl.O=C(O)C1=NOC2(CCCNC2)C1. The second-order valence-electron chi connectivity index (χ2n) is 3.57. The first kappa shape index (κ1) is 11.3. The summed E-state index contributed by atoms with van der Waals surface area (Å²) in [4.78, 5) is 15.8. The van der Waals surface area contributed by atoms with Crippen LogP contribution >= 0.6 is 12.4 Å². The van der Waals surface area contributed by atoms with Crippen LogP contribution in [0.1, 0.15) is 19.3 Å². The molecular weight excluding hydrogens is 208 g/mol. The minimum absolute atomic E-state index is 0. The summed E-state index contributed by atoms with van der Waals surface area (Å²) in [5.74, 6) is -0.970. The monoisotopic (exact) mass is 220 g/mol. The van der Waals surface area contributed by atoms with Gasteiger partial charge in [-0.25, -0.2) is 4.79 Å². The van der Waals surface area contributed by atoms with Gasteiger partial charge in [-0.2, -0.15) is 0 Å². The summed E-state index contributed by atoms with van der Waals surface area (Å²) < 4.78 is 0. The predicted octanol–water partition coefficient (Wildman–Crippen LogP) is 0.391. The van der Waals surface area contributed by atoms with Crippen LogP contribution in [0, 0.1) is 0 Å². The molecule has 0 amide bonds. The van der Waals surface area contributed by atoms with Gasteiger partial charge < -0.3 is 15.3 Å². The Kier molecular flexibility index (Phi) is 3.34. The summed E-state index contributed by atoms with van der Waals surface area (Å²) in [6.07, 6.45) is 2.33. The molecule has 2 aliphatic heterocycles. The van der Waals surface area contributed by atoms with E-state index in [1.807, 2.05) is 0 Å². The summed E-state index contributed by atoms with van der Waals surface area (Å²) in [7, 11) is 0. The topological polar surface area (TPSA) is 70.9 Å². The van der Waals surface area contributed by atoms with Gasteiger partial charge in [0.2, 0.25) is 0 Å². The maximum atomic E-state index is 10.6. The molecule has 80 valence electrons. The molecule has 1 unspecified atom stereocenters. The van der Waals surface area contributed by atoms with Crippen LogP contribution in [-0.2, 0) is 9.63 Å². The zero-order valence-corrected chi connectivity index (χ0v) is 8.47. The van der Waals surface area contributed by atoms with Crippen molar-refractivity contribution in [2.24, 2.45) is 5.16 Å². The molecule has 0 radical (unpaired) electrons. The number of hydrogen-bond donors (Lipinski definition) is 2. The van der Waals surface area contributed by atoms with Crippen molar-refractivity contribution in [3.05, 3.63) is 0 Å². The van der Waals surface area contributed by atoms with Gasteiger partial charge in [-0.15, -0.1) is 12.4 Å². The lowest BCUT2D eigenvalue weighted by molar-refractivity contribution is -0.129. The van der Waals surface area contributed by atoms with E-state index in [1.54, 1.807) is 0 Å². The molecule has 0 aromatic rings. The van der Waals surface area contributed by atoms with Crippen molar-refractivity contribution in [1.82, 2.24) is 5.32 Å². The molecule has 14 heavy (non-hydrogen) atoms. The first-order valence-electron chi connectivity index (χ1n) is 4.41. The van der Waals surface area contributed by atoms with Gasteiger partial charge in [0, 0.05) is 13.0 Å². The normalized spacial score (nSPS) is 30.4. The Morgan fingerprint density at radius 1 is 1.64 bits per heavy atom. The Hall–Kier alpha value is -0.810. The third kappa shape index (κ3) is 1.99. The van der Waals surface area contributed by atoms with E-state index in [1.165, 1.54) is 0 Å². The van der Waals surface area contributed by atoms with Gasteiger partial charge >= 0.3 is 5.97 Å². The predicted molar refractivity (Wildman–Crippen MR) is 52.9 cm³/mol. The zero-order valence-electron chi connectivity index (χ0n) is 7.65. The number of carboxylic acids is 1. The lowest BCUT2D eigenvalue weighted by Gasteiger charge is -2.30. The number of hydrogen-bond acceptors (Lipinski definition) is 4. The minimum Gasteiger partial charge on any atom is -0.477 e. The van der Waals surface area contributed by atoms with E-state index < -0.39 is 5.97 Å². The lowest BCUT2D eigenvalue weighted by Crippen LogP contribution is -2.46. The molecule has 5 nitrogen and oxygen atoms in total. The quantitative estimate of drug-likeness (QED) is 0.671. The number of carbonyl (C=O) groups is 1. The Labute approximate surface area is 87.9 Å². The molecule has 1 saturated heterocycles. The minimum atomic E-state index is -0.970. The van der Waals surface area contributed by atoms with Crippen LogP contribution < -0.4 is 5.32 Å².